The second-order valence-electron chi connectivity index (χ2n) is 7.81. The number of hydrogen-bond acceptors (Lipinski definition) is 6. The van der Waals surface area contributed by atoms with Crippen molar-refractivity contribution in [1.82, 2.24) is 5.32 Å². The molecule has 3 rings (SSSR count). The zero-order chi connectivity index (χ0) is 19.7. The molecule has 1 aromatic carbocycles. The van der Waals surface area contributed by atoms with Crippen LogP contribution in [0.15, 0.2) is 29.3 Å². The number of thioether (sulfide) groups is 1. The number of amidine groups is 1. The van der Waals surface area contributed by atoms with E-state index >= 15 is 0 Å². The highest BCUT2D eigenvalue weighted by atomic mass is 32.2. The molecule has 2 aliphatic heterocycles. The Balaban J connectivity index is 1.93. The van der Waals surface area contributed by atoms with Gasteiger partial charge in [-0.15, -0.1) is 0 Å². The number of nitrogens with zero attached hydrogens (tertiary/aromatic N) is 1. The fraction of sp³-hybridized carbons (Fsp3) is 0.579. The minimum absolute atomic E-state index is 0.0190. The average molecular weight is 396 g/mol. The van der Waals surface area contributed by atoms with Crippen molar-refractivity contribution < 1.29 is 23.8 Å². The van der Waals surface area contributed by atoms with Crippen molar-refractivity contribution in [2.75, 3.05) is 19.0 Å². The van der Waals surface area contributed by atoms with Gasteiger partial charge >= 0.3 is 6.09 Å². The lowest BCUT2D eigenvalue weighted by Crippen LogP contribution is -2.52. The zero-order valence-electron chi connectivity index (χ0n) is 15.7. The largest absolute Gasteiger partial charge is 0.444 e. The molecule has 6 nitrogen and oxygen atoms in total. The average Bonchev–Trinajstić information content (AvgIpc) is 2.59. The number of carbonyl (C=O) groups is 1. The molecule has 0 saturated carbocycles. The van der Waals surface area contributed by atoms with Crippen molar-refractivity contribution in [2.24, 2.45) is 10.9 Å². The standard InChI is InChI=1S/C19H25FN2O4S/c1-18(2,3)26-17(24)21-16-22-19(14-6-4-5-7-15(14)20)11-25-13(9-23)8-12(19)10-27-16/h4-7,12-13,23H,8-11H2,1-3H3,(H,21,22,24). The highest BCUT2D eigenvalue weighted by Crippen LogP contribution is 2.46. The molecule has 0 radical (unpaired) electrons. The topological polar surface area (TPSA) is 80.2 Å². The van der Waals surface area contributed by atoms with Crippen LogP contribution >= 0.6 is 11.8 Å². The van der Waals surface area contributed by atoms with E-state index in [1.165, 1.54) is 17.8 Å². The van der Waals surface area contributed by atoms with Gasteiger partial charge in [-0.3, -0.25) is 5.32 Å². The summed E-state index contributed by atoms with van der Waals surface area (Å²) < 4.78 is 25.7. The van der Waals surface area contributed by atoms with Gasteiger partial charge in [0.2, 0.25) is 0 Å². The Morgan fingerprint density at radius 2 is 2.22 bits per heavy atom. The number of rotatable bonds is 2. The Bertz CT molecular complexity index is 737. The van der Waals surface area contributed by atoms with E-state index in [1.807, 2.05) is 0 Å². The fourth-order valence-electron chi connectivity index (χ4n) is 3.42. The number of ether oxygens (including phenoxy) is 2. The summed E-state index contributed by atoms with van der Waals surface area (Å²) in [7, 11) is 0. The predicted octanol–water partition coefficient (Wildman–Crippen LogP) is 3.05. The summed E-state index contributed by atoms with van der Waals surface area (Å²) in [6.45, 7) is 5.40. The van der Waals surface area contributed by atoms with Gasteiger partial charge in [-0.05, 0) is 33.3 Å². The van der Waals surface area contributed by atoms with Crippen molar-refractivity contribution in [3.8, 4) is 0 Å². The van der Waals surface area contributed by atoms with Crippen LogP contribution in [0, 0.1) is 11.7 Å². The Labute approximate surface area is 162 Å². The van der Waals surface area contributed by atoms with E-state index in [2.05, 4.69) is 5.32 Å². The second kappa shape index (κ2) is 7.77. The zero-order valence-corrected chi connectivity index (χ0v) is 16.5. The number of alkyl carbamates (subject to hydrolysis) is 1. The van der Waals surface area contributed by atoms with Gasteiger partial charge in [-0.2, -0.15) is 0 Å². The first-order chi connectivity index (χ1) is 12.7. The molecule has 2 N–H and O–H groups in total. The molecule has 1 aromatic rings. The van der Waals surface area contributed by atoms with E-state index in [4.69, 9.17) is 14.5 Å². The van der Waals surface area contributed by atoms with Crippen molar-refractivity contribution in [3.05, 3.63) is 35.6 Å². The van der Waals surface area contributed by atoms with Gasteiger partial charge in [-0.25, -0.2) is 14.2 Å². The number of halogens is 1. The number of benzene rings is 1. The lowest BCUT2D eigenvalue weighted by atomic mass is 9.75. The third kappa shape index (κ3) is 4.44. The monoisotopic (exact) mass is 396 g/mol. The summed E-state index contributed by atoms with van der Waals surface area (Å²) in [4.78, 5) is 16.9. The van der Waals surface area contributed by atoms with E-state index < -0.39 is 17.2 Å². The lowest BCUT2D eigenvalue weighted by molar-refractivity contribution is -0.0771. The second-order valence-corrected chi connectivity index (χ2v) is 8.82. The molecular formula is C19H25FN2O4S. The number of amides is 1. The molecule has 0 aliphatic carbocycles. The van der Waals surface area contributed by atoms with Crippen LogP contribution in [-0.4, -0.2) is 47.0 Å². The van der Waals surface area contributed by atoms with Gasteiger partial charge in [0.1, 0.15) is 17.0 Å². The first kappa shape index (κ1) is 20.1. The quantitative estimate of drug-likeness (QED) is 0.803. The third-order valence-corrected chi connectivity index (χ3v) is 5.67. The van der Waals surface area contributed by atoms with Gasteiger partial charge in [0.05, 0.1) is 19.3 Å². The van der Waals surface area contributed by atoms with Crippen LogP contribution in [0.4, 0.5) is 9.18 Å². The molecule has 1 fully saturated rings. The summed E-state index contributed by atoms with van der Waals surface area (Å²) in [5, 5.41) is 12.5. The Hall–Kier alpha value is -1.64. The van der Waals surface area contributed by atoms with Crippen LogP contribution in [0.2, 0.25) is 0 Å². The van der Waals surface area contributed by atoms with Crippen molar-refractivity contribution in [3.63, 3.8) is 0 Å². The molecule has 0 aromatic heterocycles. The molecule has 3 unspecified atom stereocenters. The number of nitrogens with one attached hydrogen (secondary N) is 1. The summed E-state index contributed by atoms with van der Waals surface area (Å²) in [5.41, 5.74) is -1.12. The molecule has 8 heteroatoms. The molecule has 148 valence electrons. The summed E-state index contributed by atoms with van der Waals surface area (Å²) >= 11 is 1.39. The number of hydrogen-bond donors (Lipinski definition) is 2. The maximum absolute atomic E-state index is 14.6. The first-order valence-corrected chi connectivity index (χ1v) is 9.92. The summed E-state index contributed by atoms with van der Waals surface area (Å²) in [5.74, 6) is 0.248. The van der Waals surface area contributed by atoms with Gasteiger partial charge in [0.15, 0.2) is 5.17 Å². The van der Waals surface area contributed by atoms with Crippen LogP contribution in [0.3, 0.4) is 0 Å². The Morgan fingerprint density at radius 3 is 2.89 bits per heavy atom. The summed E-state index contributed by atoms with van der Waals surface area (Å²) in [6.07, 6.45) is -0.312. The molecular weight excluding hydrogens is 371 g/mol. The number of aliphatic hydroxyl groups excluding tert-OH is 1. The molecule has 0 bridgehead atoms. The summed E-state index contributed by atoms with van der Waals surface area (Å²) in [6, 6.07) is 6.50. The maximum atomic E-state index is 14.6. The van der Waals surface area contributed by atoms with Gasteiger partial charge in [0.25, 0.3) is 0 Å². The van der Waals surface area contributed by atoms with E-state index in [1.54, 1.807) is 39.0 Å². The van der Waals surface area contributed by atoms with Gasteiger partial charge in [0, 0.05) is 17.2 Å². The molecule has 27 heavy (non-hydrogen) atoms. The first-order valence-electron chi connectivity index (χ1n) is 8.93. The molecule has 3 atom stereocenters. The van der Waals surface area contributed by atoms with Crippen LogP contribution in [-0.2, 0) is 15.0 Å². The van der Waals surface area contributed by atoms with Crippen molar-refractivity contribution >= 4 is 23.0 Å². The minimum atomic E-state index is -0.938. The van der Waals surface area contributed by atoms with E-state index in [0.29, 0.717) is 22.9 Å². The smallest absolute Gasteiger partial charge is 0.413 e. The highest BCUT2D eigenvalue weighted by molar-refractivity contribution is 8.13. The maximum Gasteiger partial charge on any atom is 0.413 e. The molecule has 2 heterocycles. The van der Waals surface area contributed by atoms with E-state index in [0.717, 1.165) is 0 Å². The number of aliphatic imine (C=N–C) groups is 1. The fourth-order valence-corrected chi connectivity index (χ4v) is 4.57. The van der Waals surface area contributed by atoms with Crippen molar-refractivity contribution in [2.45, 2.75) is 44.4 Å². The number of carbonyl (C=O) groups excluding carboxylic acids is 1. The minimum Gasteiger partial charge on any atom is -0.444 e. The third-order valence-electron chi connectivity index (χ3n) is 4.64. The van der Waals surface area contributed by atoms with E-state index in [9.17, 15) is 14.3 Å². The predicted molar refractivity (Wildman–Crippen MR) is 102 cm³/mol. The van der Waals surface area contributed by atoms with Crippen molar-refractivity contribution in [1.29, 1.82) is 0 Å². The van der Waals surface area contributed by atoms with E-state index in [-0.39, 0.29) is 31.1 Å². The lowest BCUT2D eigenvalue weighted by Gasteiger charge is -2.46. The SMILES string of the molecule is CC(C)(C)OC(=O)NC1=NC2(c3ccccc3F)COC(CO)CC2CS1. The van der Waals surface area contributed by atoms with Gasteiger partial charge < -0.3 is 14.6 Å². The Kier molecular flexibility index (Phi) is 5.79. The molecule has 1 amide bonds. The number of aliphatic hydroxyl groups is 1. The highest BCUT2D eigenvalue weighted by Gasteiger charge is 2.49. The Morgan fingerprint density at radius 1 is 1.48 bits per heavy atom. The van der Waals surface area contributed by atoms with Crippen LogP contribution in [0.25, 0.3) is 0 Å². The molecule has 1 saturated heterocycles. The molecule has 0 spiro atoms. The molecule has 2 aliphatic rings. The van der Waals surface area contributed by atoms with Crippen LogP contribution in [0.5, 0.6) is 0 Å². The van der Waals surface area contributed by atoms with Crippen LogP contribution in [0.1, 0.15) is 32.8 Å². The number of fused-ring (bicyclic) bond motifs is 1. The normalized spacial score (nSPS) is 28.1. The van der Waals surface area contributed by atoms with Crippen LogP contribution < -0.4 is 5.32 Å². The van der Waals surface area contributed by atoms with Gasteiger partial charge in [-0.1, -0.05) is 30.0 Å².